The number of unbranched alkanes of at least 4 members (excludes halogenated alkanes) is 2. The molecule has 0 atom stereocenters. The fourth-order valence-electron chi connectivity index (χ4n) is 1.39. The van der Waals surface area contributed by atoms with Gasteiger partial charge in [0.25, 0.3) is 0 Å². The van der Waals surface area contributed by atoms with Gasteiger partial charge in [0.15, 0.2) is 0 Å². The molecule has 1 heterocycles. The summed E-state index contributed by atoms with van der Waals surface area (Å²) in [5, 5.41) is 0. The van der Waals surface area contributed by atoms with Crippen molar-refractivity contribution in [3.63, 3.8) is 0 Å². The van der Waals surface area contributed by atoms with Crippen molar-refractivity contribution in [2.45, 2.75) is 39.7 Å². The van der Waals surface area contributed by atoms with E-state index in [2.05, 4.69) is 0 Å². The van der Waals surface area contributed by atoms with Crippen molar-refractivity contribution in [2.24, 2.45) is 0 Å². The Bertz CT molecular complexity index is 526. The summed E-state index contributed by atoms with van der Waals surface area (Å²) in [5.41, 5.74) is -2.28. The number of hydrogen-bond donors (Lipinski definition) is 1. The lowest BCUT2D eigenvalue weighted by Crippen LogP contribution is -2.51. The van der Waals surface area contributed by atoms with Gasteiger partial charge in [-0.25, -0.2) is 19.0 Å². The number of nitrogens with zero attached hydrogens (tertiary/aromatic N) is 2. The highest BCUT2D eigenvalue weighted by atomic mass is 16.7. The molecule has 0 aliphatic rings. The first-order chi connectivity index (χ1) is 8.11. The van der Waals surface area contributed by atoms with Crippen LogP contribution in [-0.2, 0) is 6.54 Å². The van der Waals surface area contributed by atoms with E-state index in [9.17, 15) is 14.4 Å². The van der Waals surface area contributed by atoms with Crippen LogP contribution in [0.2, 0.25) is 0 Å². The molecule has 7 nitrogen and oxygen atoms in total. The van der Waals surface area contributed by atoms with Gasteiger partial charge >= 0.3 is 17.1 Å². The molecule has 96 valence electrons. The fraction of sp³-hybridized carbons (Fsp3) is 0.700. The molecule has 1 N–H and O–H groups in total. The number of rotatable bonds is 6. The first-order valence-electron chi connectivity index (χ1n) is 5.71. The molecular formula is C10H17N3O4. The maximum Gasteiger partial charge on any atom is 0.369 e. The average molecular weight is 243 g/mol. The lowest BCUT2D eigenvalue weighted by molar-refractivity contribution is 0.0800. The first kappa shape index (κ1) is 13.3. The molecule has 0 spiro atoms. The largest absolute Gasteiger partial charge is 0.405 e. The molecule has 17 heavy (non-hydrogen) atoms. The highest BCUT2D eigenvalue weighted by Gasteiger charge is 2.08. The topological polar surface area (TPSA) is 86.1 Å². The Morgan fingerprint density at radius 1 is 1.12 bits per heavy atom. The van der Waals surface area contributed by atoms with Gasteiger partial charge in [-0.15, -0.1) is 0 Å². The van der Waals surface area contributed by atoms with Crippen LogP contribution in [0.4, 0.5) is 0 Å². The predicted octanol–water partition coefficient (Wildman–Crippen LogP) is -0.663. The van der Waals surface area contributed by atoms with E-state index in [0.717, 1.165) is 23.8 Å². The minimum atomic E-state index is -0.832. The SMILES string of the molecule is CCCCCOn1c(=O)[nH]c(=O)n(CC)c1=O. The molecule has 1 aromatic rings. The highest BCUT2D eigenvalue weighted by Crippen LogP contribution is 1.91. The first-order valence-corrected chi connectivity index (χ1v) is 5.71. The van der Waals surface area contributed by atoms with Crippen molar-refractivity contribution in [3.8, 4) is 0 Å². The molecule has 0 saturated heterocycles. The number of nitrogens with one attached hydrogen (secondary N) is 1. The van der Waals surface area contributed by atoms with Crippen molar-refractivity contribution < 1.29 is 4.84 Å². The summed E-state index contributed by atoms with van der Waals surface area (Å²) in [6.07, 6.45) is 2.73. The summed E-state index contributed by atoms with van der Waals surface area (Å²) >= 11 is 0. The Hall–Kier alpha value is -1.79. The van der Waals surface area contributed by atoms with Gasteiger partial charge in [0.05, 0.1) is 0 Å². The lowest BCUT2D eigenvalue weighted by Gasteiger charge is -2.08. The van der Waals surface area contributed by atoms with E-state index in [0.29, 0.717) is 4.73 Å². The van der Waals surface area contributed by atoms with Crippen molar-refractivity contribution in [1.29, 1.82) is 0 Å². The van der Waals surface area contributed by atoms with Gasteiger partial charge in [-0.05, 0) is 13.3 Å². The minimum Gasteiger partial charge on any atom is -0.405 e. The molecular weight excluding hydrogens is 226 g/mol. The highest BCUT2D eigenvalue weighted by molar-refractivity contribution is 4.70. The summed E-state index contributed by atoms with van der Waals surface area (Å²) in [6.45, 7) is 4.14. The van der Waals surface area contributed by atoms with E-state index in [4.69, 9.17) is 4.84 Å². The summed E-state index contributed by atoms with van der Waals surface area (Å²) in [4.78, 5) is 41.4. The van der Waals surface area contributed by atoms with Gasteiger partial charge in [0.2, 0.25) is 0 Å². The molecule has 0 fully saturated rings. The average Bonchev–Trinajstić information content (AvgIpc) is 2.28. The number of hydrogen-bond acceptors (Lipinski definition) is 4. The van der Waals surface area contributed by atoms with Crippen molar-refractivity contribution in [1.82, 2.24) is 14.3 Å². The van der Waals surface area contributed by atoms with Crippen LogP contribution in [0.5, 0.6) is 0 Å². The van der Waals surface area contributed by atoms with E-state index < -0.39 is 17.1 Å². The maximum atomic E-state index is 11.7. The van der Waals surface area contributed by atoms with Crippen LogP contribution >= 0.6 is 0 Å². The second-order valence-electron chi connectivity index (χ2n) is 3.60. The van der Waals surface area contributed by atoms with Crippen molar-refractivity contribution >= 4 is 0 Å². The Balaban J connectivity index is 2.96. The molecule has 0 amide bonds. The lowest BCUT2D eigenvalue weighted by atomic mass is 10.3. The van der Waals surface area contributed by atoms with Crippen LogP contribution in [0.15, 0.2) is 14.4 Å². The third-order valence-electron chi connectivity index (χ3n) is 2.33. The van der Waals surface area contributed by atoms with Gasteiger partial charge in [0.1, 0.15) is 6.61 Å². The van der Waals surface area contributed by atoms with Gasteiger partial charge in [0, 0.05) is 6.54 Å². The molecule has 0 bridgehead atoms. The zero-order valence-electron chi connectivity index (χ0n) is 10.1. The summed E-state index contributed by atoms with van der Waals surface area (Å²) in [7, 11) is 0. The number of aromatic amines is 1. The minimum absolute atomic E-state index is 0.187. The van der Waals surface area contributed by atoms with E-state index >= 15 is 0 Å². The van der Waals surface area contributed by atoms with Gasteiger partial charge in [-0.3, -0.25) is 4.98 Å². The standard InChI is InChI=1S/C10H17N3O4/c1-3-5-6-7-17-13-9(15)11-8(14)12(4-2)10(13)16/h3-7H2,1-2H3,(H,11,14,15). The van der Waals surface area contributed by atoms with E-state index in [1.807, 2.05) is 11.9 Å². The summed E-state index contributed by atoms with van der Waals surface area (Å²) in [5.74, 6) is 0. The molecule has 1 aromatic heterocycles. The summed E-state index contributed by atoms with van der Waals surface area (Å²) < 4.78 is 1.50. The molecule has 0 radical (unpaired) electrons. The van der Waals surface area contributed by atoms with Crippen LogP contribution in [0.1, 0.15) is 33.1 Å². The molecule has 0 aliphatic heterocycles. The second-order valence-corrected chi connectivity index (χ2v) is 3.60. The third kappa shape index (κ3) is 3.08. The molecule has 1 rings (SSSR count). The van der Waals surface area contributed by atoms with Crippen LogP contribution in [0.25, 0.3) is 0 Å². The fourth-order valence-corrected chi connectivity index (χ4v) is 1.39. The molecule has 0 aliphatic carbocycles. The van der Waals surface area contributed by atoms with Gasteiger partial charge in [-0.1, -0.05) is 24.5 Å². The zero-order chi connectivity index (χ0) is 12.8. The quantitative estimate of drug-likeness (QED) is 0.672. The van der Waals surface area contributed by atoms with E-state index in [1.54, 1.807) is 6.92 Å². The molecule has 7 heteroatoms. The van der Waals surface area contributed by atoms with Crippen LogP contribution in [-0.4, -0.2) is 20.9 Å². The molecule has 0 aromatic carbocycles. The zero-order valence-corrected chi connectivity index (χ0v) is 10.1. The Labute approximate surface area is 97.6 Å². The Morgan fingerprint density at radius 2 is 1.82 bits per heavy atom. The smallest absolute Gasteiger partial charge is 0.369 e. The number of H-pyrrole nitrogens is 1. The predicted molar refractivity (Wildman–Crippen MR) is 62.2 cm³/mol. The van der Waals surface area contributed by atoms with E-state index in [1.165, 1.54) is 0 Å². The third-order valence-corrected chi connectivity index (χ3v) is 2.33. The van der Waals surface area contributed by atoms with Crippen LogP contribution in [0.3, 0.4) is 0 Å². The monoisotopic (exact) mass is 243 g/mol. The maximum absolute atomic E-state index is 11.7. The van der Waals surface area contributed by atoms with Crippen LogP contribution in [0, 0.1) is 0 Å². The van der Waals surface area contributed by atoms with Crippen molar-refractivity contribution in [3.05, 3.63) is 31.5 Å². The number of aromatic nitrogens is 3. The molecule has 0 saturated carbocycles. The van der Waals surface area contributed by atoms with E-state index in [-0.39, 0.29) is 13.2 Å². The van der Waals surface area contributed by atoms with Gasteiger partial charge < -0.3 is 4.84 Å². The molecule has 0 unspecified atom stereocenters. The Morgan fingerprint density at radius 3 is 2.41 bits per heavy atom. The van der Waals surface area contributed by atoms with Gasteiger partial charge in [-0.2, -0.15) is 0 Å². The van der Waals surface area contributed by atoms with Crippen LogP contribution < -0.4 is 21.9 Å². The van der Waals surface area contributed by atoms with Crippen molar-refractivity contribution in [2.75, 3.05) is 6.61 Å². The Kier molecular flexibility index (Phi) is 4.74. The second kappa shape index (κ2) is 6.07. The normalized spacial score (nSPS) is 10.5. The summed E-state index contributed by atoms with van der Waals surface area (Å²) in [6, 6.07) is 0.